The molecule has 0 aromatic carbocycles. The molecule has 0 atom stereocenters. The zero-order valence-electron chi connectivity index (χ0n) is 10.9. The van der Waals surface area contributed by atoms with E-state index in [1.54, 1.807) is 0 Å². The summed E-state index contributed by atoms with van der Waals surface area (Å²) in [4.78, 5) is 15.7. The lowest BCUT2D eigenvalue weighted by Crippen LogP contribution is -2.28. The second-order valence-electron chi connectivity index (χ2n) is 4.11. The topological polar surface area (TPSA) is 54.0 Å². The number of anilines is 1. The van der Waals surface area contributed by atoms with Crippen LogP contribution in [0.4, 0.5) is 19.0 Å². The molecule has 0 saturated carbocycles. The number of halogens is 4. The van der Waals surface area contributed by atoms with Gasteiger partial charge in [0.2, 0.25) is 0 Å². The molecular weight excluding hydrogens is 295 g/mol. The fourth-order valence-corrected chi connectivity index (χ4v) is 1.60. The molecule has 0 saturated heterocycles. The van der Waals surface area contributed by atoms with Crippen LogP contribution in [0.15, 0.2) is 12.1 Å². The monoisotopic (exact) mass is 309 g/mol. The first-order valence-electron chi connectivity index (χ1n) is 6.08. The van der Waals surface area contributed by atoms with Gasteiger partial charge in [0.15, 0.2) is 0 Å². The number of alkyl halides is 3. The maximum atomic E-state index is 12.0. The summed E-state index contributed by atoms with van der Waals surface area (Å²) in [7, 11) is 0. The van der Waals surface area contributed by atoms with Gasteiger partial charge in [0.25, 0.3) is 5.91 Å². The first-order valence-corrected chi connectivity index (χ1v) is 6.46. The average molecular weight is 310 g/mol. The van der Waals surface area contributed by atoms with Crippen LogP contribution < -0.4 is 10.6 Å². The summed E-state index contributed by atoms with van der Waals surface area (Å²) in [5, 5.41) is 5.25. The molecule has 1 heterocycles. The quantitative estimate of drug-likeness (QED) is 0.793. The summed E-state index contributed by atoms with van der Waals surface area (Å²) in [6, 6.07) is 2.76. The molecule has 1 aromatic heterocycles. The Hall–Kier alpha value is -1.50. The van der Waals surface area contributed by atoms with Crippen molar-refractivity contribution in [3.63, 3.8) is 0 Å². The van der Waals surface area contributed by atoms with Crippen LogP contribution in [-0.2, 0) is 0 Å². The number of amides is 1. The largest absolute Gasteiger partial charge is 0.390 e. The molecule has 0 spiro atoms. The Morgan fingerprint density at radius 3 is 2.65 bits per heavy atom. The highest BCUT2D eigenvalue weighted by atomic mass is 35.5. The summed E-state index contributed by atoms with van der Waals surface area (Å²) in [6.07, 6.45) is -4.50. The molecule has 8 heteroatoms. The van der Waals surface area contributed by atoms with Crippen molar-refractivity contribution in [2.24, 2.45) is 0 Å². The number of pyridine rings is 1. The fourth-order valence-electron chi connectivity index (χ4n) is 1.39. The van der Waals surface area contributed by atoms with Crippen molar-refractivity contribution in [1.82, 2.24) is 10.3 Å². The van der Waals surface area contributed by atoms with Gasteiger partial charge in [0.1, 0.15) is 11.0 Å². The predicted molar refractivity (Wildman–Crippen MR) is 71.0 cm³/mol. The molecular formula is C12H15ClF3N3O. The van der Waals surface area contributed by atoms with E-state index in [0.29, 0.717) is 12.4 Å². The molecule has 112 valence electrons. The highest BCUT2D eigenvalue weighted by Gasteiger charge is 2.26. The van der Waals surface area contributed by atoms with Crippen LogP contribution in [0.1, 0.15) is 30.1 Å². The number of rotatable bonds is 6. The van der Waals surface area contributed by atoms with E-state index in [2.05, 4.69) is 15.6 Å². The first-order chi connectivity index (χ1) is 9.31. The summed E-state index contributed by atoms with van der Waals surface area (Å²) in [5.41, 5.74) is 0.172. The summed E-state index contributed by atoms with van der Waals surface area (Å²) >= 11 is 5.77. The average Bonchev–Trinajstić information content (AvgIpc) is 2.34. The third-order valence-corrected chi connectivity index (χ3v) is 2.50. The summed E-state index contributed by atoms with van der Waals surface area (Å²) < 4.78 is 36.0. The van der Waals surface area contributed by atoms with Gasteiger partial charge in [0.05, 0.1) is 6.42 Å². The van der Waals surface area contributed by atoms with Gasteiger partial charge in [-0.15, -0.1) is 0 Å². The number of nitrogens with zero attached hydrogens (tertiary/aromatic N) is 1. The van der Waals surface area contributed by atoms with E-state index in [0.717, 1.165) is 6.42 Å². The third kappa shape index (κ3) is 6.10. The normalized spacial score (nSPS) is 11.2. The van der Waals surface area contributed by atoms with Crippen molar-refractivity contribution in [1.29, 1.82) is 0 Å². The maximum absolute atomic E-state index is 12.0. The highest BCUT2D eigenvalue weighted by Crippen LogP contribution is 2.18. The Bertz CT molecular complexity index is 466. The maximum Gasteiger partial charge on any atom is 0.390 e. The van der Waals surface area contributed by atoms with E-state index in [-0.39, 0.29) is 10.7 Å². The minimum atomic E-state index is -4.29. The Morgan fingerprint density at radius 2 is 2.05 bits per heavy atom. The van der Waals surface area contributed by atoms with Crippen molar-refractivity contribution in [2.45, 2.75) is 25.9 Å². The van der Waals surface area contributed by atoms with E-state index in [1.807, 2.05) is 6.92 Å². The van der Waals surface area contributed by atoms with Gasteiger partial charge >= 0.3 is 6.18 Å². The lowest BCUT2D eigenvalue weighted by atomic mass is 10.2. The number of nitrogens with one attached hydrogen (secondary N) is 2. The third-order valence-electron chi connectivity index (χ3n) is 2.31. The fraction of sp³-hybridized carbons (Fsp3) is 0.500. The molecule has 0 aliphatic rings. The number of aromatic nitrogens is 1. The van der Waals surface area contributed by atoms with Crippen LogP contribution >= 0.6 is 11.6 Å². The van der Waals surface area contributed by atoms with Crippen molar-refractivity contribution in [3.8, 4) is 0 Å². The standard InChI is InChI=1S/C12H15ClF3N3O/c1-2-4-17-10-7-8(6-9(13)19-10)11(20)18-5-3-12(14,15)16/h6-7H,2-5H2,1H3,(H,17,19)(H,18,20). The van der Waals surface area contributed by atoms with E-state index < -0.39 is 25.0 Å². The minimum Gasteiger partial charge on any atom is -0.370 e. The van der Waals surface area contributed by atoms with Gasteiger partial charge in [-0.1, -0.05) is 18.5 Å². The molecule has 20 heavy (non-hydrogen) atoms. The Balaban J connectivity index is 2.65. The van der Waals surface area contributed by atoms with Crippen LogP contribution in [0.5, 0.6) is 0 Å². The molecule has 0 aliphatic heterocycles. The Kier molecular flexibility index (Phi) is 6.06. The first kappa shape index (κ1) is 16.6. The molecule has 0 bridgehead atoms. The number of hydrogen-bond acceptors (Lipinski definition) is 3. The molecule has 0 radical (unpaired) electrons. The zero-order valence-corrected chi connectivity index (χ0v) is 11.6. The Labute approximate surface area is 119 Å². The molecule has 4 nitrogen and oxygen atoms in total. The summed E-state index contributed by atoms with van der Waals surface area (Å²) in [6.45, 7) is 2.14. The van der Waals surface area contributed by atoms with Crippen molar-refractivity contribution >= 4 is 23.3 Å². The molecule has 0 aliphatic carbocycles. The van der Waals surface area contributed by atoms with E-state index in [4.69, 9.17) is 11.6 Å². The molecule has 0 fully saturated rings. The summed E-state index contributed by atoms with van der Waals surface area (Å²) in [5.74, 6) is -0.196. The molecule has 1 aromatic rings. The van der Waals surface area contributed by atoms with Gasteiger partial charge in [-0.3, -0.25) is 4.79 Å². The van der Waals surface area contributed by atoms with Crippen LogP contribution in [-0.4, -0.2) is 30.2 Å². The van der Waals surface area contributed by atoms with E-state index >= 15 is 0 Å². The SMILES string of the molecule is CCCNc1cc(C(=O)NCCC(F)(F)F)cc(Cl)n1. The lowest BCUT2D eigenvalue weighted by Gasteiger charge is -2.10. The van der Waals surface area contributed by atoms with E-state index in [1.165, 1.54) is 12.1 Å². The number of hydrogen-bond donors (Lipinski definition) is 2. The Morgan fingerprint density at radius 1 is 1.35 bits per heavy atom. The molecule has 1 rings (SSSR count). The predicted octanol–water partition coefficient (Wildman–Crippen LogP) is 3.24. The second kappa shape index (κ2) is 7.33. The van der Waals surface area contributed by atoms with Crippen LogP contribution in [0.25, 0.3) is 0 Å². The lowest BCUT2D eigenvalue weighted by molar-refractivity contribution is -0.132. The molecule has 2 N–H and O–H groups in total. The molecule has 1 amide bonds. The zero-order chi connectivity index (χ0) is 15.2. The van der Waals surface area contributed by atoms with E-state index in [9.17, 15) is 18.0 Å². The minimum absolute atomic E-state index is 0.104. The second-order valence-corrected chi connectivity index (χ2v) is 4.50. The smallest absolute Gasteiger partial charge is 0.370 e. The van der Waals surface area contributed by atoms with Gasteiger partial charge < -0.3 is 10.6 Å². The van der Waals surface area contributed by atoms with Crippen molar-refractivity contribution < 1.29 is 18.0 Å². The van der Waals surface area contributed by atoms with Crippen LogP contribution in [0, 0.1) is 0 Å². The van der Waals surface area contributed by atoms with Crippen molar-refractivity contribution in [2.75, 3.05) is 18.4 Å². The number of carbonyl (C=O) groups is 1. The van der Waals surface area contributed by atoms with Crippen LogP contribution in [0.2, 0.25) is 5.15 Å². The van der Waals surface area contributed by atoms with Gasteiger partial charge in [0, 0.05) is 18.7 Å². The van der Waals surface area contributed by atoms with Crippen LogP contribution in [0.3, 0.4) is 0 Å². The van der Waals surface area contributed by atoms with Gasteiger partial charge in [-0.2, -0.15) is 13.2 Å². The molecule has 0 unspecified atom stereocenters. The van der Waals surface area contributed by atoms with Gasteiger partial charge in [-0.05, 0) is 18.6 Å². The number of carbonyl (C=O) groups excluding carboxylic acids is 1. The highest BCUT2D eigenvalue weighted by molar-refractivity contribution is 6.29. The van der Waals surface area contributed by atoms with Gasteiger partial charge in [-0.25, -0.2) is 4.98 Å². The van der Waals surface area contributed by atoms with Crippen molar-refractivity contribution in [3.05, 3.63) is 22.8 Å².